The molecule has 1 heterocycles. The maximum atomic E-state index is 12.4. The van der Waals surface area contributed by atoms with Gasteiger partial charge in [0, 0.05) is 6.54 Å². The van der Waals surface area contributed by atoms with Gasteiger partial charge in [0.15, 0.2) is 0 Å². The first kappa shape index (κ1) is 16.6. The van der Waals surface area contributed by atoms with Gasteiger partial charge < -0.3 is 25.4 Å². The van der Waals surface area contributed by atoms with Crippen LogP contribution in [0.25, 0.3) is 0 Å². The molecule has 0 aliphatic carbocycles. The van der Waals surface area contributed by atoms with Crippen LogP contribution in [0.15, 0.2) is 18.2 Å². The highest BCUT2D eigenvalue weighted by Gasteiger charge is 2.33. The molecule has 1 saturated heterocycles. The molecule has 0 radical (unpaired) electrons. The first-order chi connectivity index (χ1) is 11.0. The number of primary amides is 1. The van der Waals surface area contributed by atoms with Crippen LogP contribution in [-0.4, -0.2) is 49.6 Å². The number of nitrogens with zero attached hydrogens (tertiary/aromatic N) is 1. The number of carbonyl (C=O) groups is 3. The number of ether oxygens (including phenoxy) is 2. The summed E-state index contributed by atoms with van der Waals surface area (Å²) in [4.78, 5) is 36.8. The van der Waals surface area contributed by atoms with Crippen molar-refractivity contribution in [2.24, 2.45) is 5.73 Å². The lowest BCUT2D eigenvalue weighted by Gasteiger charge is -2.23. The van der Waals surface area contributed by atoms with Gasteiger partial charge in [-0.15, -0.1) is 0 Å². The lowest BCUT2D eigenvalue weighted by molar-refractivity contribution is -0.121. The average Bonchev–Trinajstić information content (AvgIpc) is 3.04. The Labute approximate surface area is 133 Å². The molecule has 0 bridgehead atoms. The molecule has 2 rings (SSSR count). The van der Waals surface area contributed by atoms with Crippen molar-refractivity contribution in [1.82, 2.24) is 4.90 Å². The fraction of sp³-hybridized carbons (Fsp3) is 0.400. The summed E-state index contributed by atoms with van der Waals surface area (Å²) in [7, 11) is 2.72. The minimum atomic E-state index is -0.621. The topological polar surface area (TPSA) is 111 Å². The molecule has 8 nitrogen and oxygen atoms in total. The zero-order chi connectivity index (χ0) is 17.0. The van der Waals surface area contributed by atoms with Crippen molar-refractivity contribution in [3.63, 3.8) is 0 Å². The maximum absolute atomic E-state index is 12.4. The molecule has 1 aliphatic heterocycles. The van der Waals surface area contributed by atoms with E-state index < -0.39 is 23.9 Å². The molecule has 3 N–H and O–H groups in total. The van der Waals surface area contributed by atoms with Gasteiger partial charge in [-0.2, -0.15) is 0 Å². The molecule has 1 fully saturated rings. The number of esters is 1. The second kappa shape index (κ2) is 6.99. The van der Waals surface area contributed by atoms with Crippen LogP contribution in [-0.2, 0) is 9.53 Å². The molecule has 1 aliphatic rings. The van der Waals surface area contributed by atoms with Gasteiger partial charge in [-0.1, -0.05) is 0 Å². The van der Waals surface area contributed by atoms with Crippen LogP contribution in [0.5, 0.6) is 5.75 Å². The molecule has 124 valence electrons. The number of rotatable bonds is 4. The fourth-order valence-corrected chi connectivity index (χ4v) is 2.54. The Morgan fingerprint density at radius 3 is 2.65 bits per heavy atom. The Hall–Kier alpha value is -2.77. The van der Waals surface area contributed by atoms with Crippen molar-refractivity contribution in [3.8, 4) is 5.75 Å². The molecular formula is C15H19N3O5. The van der Waals surface area contributed by atoms with E-state index in [0.717, 1.165) is 0 Å². The van der Waals surface area contributed by atoms with Crippen LogP contribution >= 0.6 is 0 Å². The number of carbonyl (C=O) groups excluding carboxylic acids is 3. The van der Waals surface area contributed by atoms with Crippen molar-refractivity contribution in [2.45, 2.75) is 18.9 Å². The van der Waals surface area contributed by atoms with E-state index in [-0.39, 0.29) is 5.56 Å². The molecule has 23 heavy (non-hydrogen) atoms. The van der Waals surface area contributed by atoms with Crippen LogP contribution in [0.3, 0.4) is 0 Å². The van der Waals surface area contributed by atoms with Gasteiger partial charge in [0.2, 0.25) is 5.91 Å². The van der Waals surface area contributed by atoms with E-state index in [0.29, 0.717) is 30.8 Å². The number of methoxy groups -OCH3 is 2. The van der Waals surface area contributed by atoms with Crippen molar-refractivity contribution in [3.05, 3.63) is 23.8 Å². The van der Waals surface area contributed by atoms with Gasteiger partial charge in [-0.25, -0.2) is 9.59 Å². The predicted octanol–water partition coefficient (Wildman–Crippen LogP) is 0.963. The van der Waals surface area contributed by atoms with Crippen molar-refractivity contribution in [2.75, 3.05) is 26.1 Å². The van der Waals surface area contributed by atoms with E-state index in [1.165, 1.54) is 31.3 Å². The zero-order valence-corrected chi connectivity index (χ0v) is 13.0. The first-order valence-electron chi connectivity index (χ1n) is 7.11. The third-order valence-corrected chi connectivity index (χ3v) is 3.70. The summed E-state index contributed by atoms with van der Waals surface area (Å²) >= 11 is 0. The van der Waals surface area contributed by atoms with Crippen molar-refractivity contribution < 1.29 is 23.9 Å². The molecule has 0 saturated carbocycles. The van der Waals surface area contributed by atoms with Crippen LogP contribution in [0.1, 0.15) is 23.2 Å². The Morgan fingerprint density at radius 1 is 1.30 bits per heavy atom. The van der Waals surface area contributed by atoms with Crippen molar-refractivity contribution in [1.29, 1.82) is 0 Å². The second-order valence-corrected chi connectivity index (χ2v) is 5.09. The second-order valence-electron chi connectivity index (χ2n) is 5.09. The Morgan fingerprint density at radius 2 is 2.04 bits per heavy atom. The lowest BCUT2D eigenvalue weighted by atomic mass is 10.2. The largest absolute Gasteiger partial charge is 0.495 e. The predicted molar refractivity (Wildman–Crippen MR) is 82.3 cm³/mol. The van der Waals surface area contributed by atoms with E-state index in [9.17, 15) is 14.4 Å². The Kier molecular flexibility index (Phi) is 5.05. The fourth-order valence-electron chi connectivity index (χ4n) is 2.54. The summed E-state index contributed by atoms with van der Waals surface area (Å²) < 4.78 is 9.83. The van der Waals surface area contributed by atoms with Crippen LogP contribution in [0.2, 0.25) is 0 Å². The molecular weight excluding hydrogens is 302 g/mol. The maximum Gasteiger partial charge on any atom is 0.337 e. The number of likely N-dealkylation sites (tertiary alicyclic amines) is 1. The van der Waals surface area contributed by atoms with Crippen LogP contribution in [0, 0.1) is 0 Å². The van der Waals surface area contributed by atoms with Gasteiger partial charge in [-0.3, -0.25) is 4.79 Å². The normalized spacial score (nSPS) is 16.8. The van der Waals surface area contributed by atoms with Gasteiger partial charge in [0.05, 0.1) is 25.5 Å². The van der Waals surface area contributed by atoms with Gasteiger partial charge in [-0.05, 0) is 31.0 Å². The quantitative estimate of drug-likeness (QED) is 0.803. The number of hydrogen-bond donors (Lipinski definition) is 2. The molecule has 8 heteroatoms. The third kappa shape index (κ3) is 3.53. The number of anilines is 1. The minimum absolute atomic E-state index is 0.275. The van der Waals surface area contributed by atoms with Gasteiger partial charge in [0.25, 0.3) is 0 Å². The standard InChI is InChI=1S/C15H19N3O5/c1-22-12-6-5-9(14(20)23-2)8-10(12)17-15(21)18-7-3-4-11(18)13(16)19/h5-6,8,11H,3-4,7H2,1-2H3,(H2,16,19)(H,17,21)/t11-/m1/s1. The molecule has 1 atom stereocenters. The summed E-state index contributed by atoms with van der Waals surface area (Å²) in [5.74, 6) is -0.673. The summed E-state index contributed by atoms with van der Waals surface area (Å²) in [5, 5.41) is 2.65. The molecule has 1 aromatic carbocycles. The van der Waals surface area contributed by atoms with E-state index >= 15 is 0 Å². The number of nitrogens with two attached hydrogens (primary N) is 1. The Balaban J connectivity index is 2.22. The summed E-state index contributed by atoms with van der Waals surface area (Å²) in [6.07, 6.45) is 1.25. The number of nitrogens with one attached hydrogen (secondary N) is 1. The van der Waals surface area contributed by atoms with Gasteiger partial charge >= 0.3 is 12.0 Å². The number of hydrogen-bond acceptors (Lipinski definition) is 5. The highest BCUT2D eigenvalue weighted by atomic mass is 16.5. The highest BCUT2D eigenvalue weighted by molar-refractivity contribution is 5.97. The SMILES string of the molecule is COC(=O)c1ccc(OC)c(NC(=O)N2CCC[C@@H]2C(N)=O)c1. The number of benzene rings is 1. The smallest absolute Gasteiger partial charge is 0.337 e. The molecule has 0 unspecified atom stereocenters. The summed E-state index contributed by atoms with van der Waals surface area (Å²) in [5.41, 5.74) is 5.90. The number of amides is 3. The zero-order valence-electron chi connectivity index (χ0n) is 13.0. The van der Waals surface area contributed by atoms with E-state index in [2.05, 4.69) is 10.1 Å². The Bertz CT molecular complexity index is 632. The van der Waals surface area contributed by atoms with Gasteiger partial charge in [0.1, 0.15) is 11.8 Å². The summed E-state index contributed by atoms with van der Waals surface area (Å²) in [6, 6.07) is 3.45. The van der Waals surface area contributed by atoms with Crippen LogP contribution < -0.4 is 15.8 Å². The third-order valence-electron chi connectivity index (χ3n) is 3.70. The minimum Gasteiger partial charge on any atom is -0.495 e. The van der Waals surface area contributed by atoms with E-state index in [1.54, 1.807) is 6.07 Å². The van der Waals surface area contributed by atoms with E-state index in [1.807, 2.05) is 0 Å². The molecule has 1 aromatic rings. The summed E-state index contributed by atoms with van der Waals surface area (Å²) in [6.45, 7) is 0.443. The van der Waals surface area contributed by atoms with Crippen LogP contribution in [0.4, 0.5) is 10.5 Å². The van der Waals surface area contributed by atoms with E-state index in [4.69, 9.17) is 10.5 Å². The average molecular weight is 321 g/mol. The number of urea groups is 1. The molecule has 0 aromatic heterocycles. The molecule has 3 amide bonds. The first-order valence-corrected chi connectivity index (χ1v) is 7.11. The highest BCUT2D eigenvalue weighted by Crippen LogP contribution is 2.27. The monoisotopic (exact) mass is 321 g/mol. The van der Waals surface area contributed by atoms with Crippen molar-refractivity contribution >= 4 is 23.6 Å². The molecule has 0 spiro atoms. The lowest BCUT2D eigenvalue weighted by Crippen LogP contribution is -2.45.